The van der Waals surface area contributed by atoms with E-state index in [9.17, 15) is 0 Å². The second-order valence-electron chi connectivity index (χ2n) is 5.97. The van der Waals surface area contributed by atoms with E-state index in [0.717, 1.165) is 29.1 Å². The number of aryl methyl sites for hydroxylation is 2. The van der Waals surface area contributed by atoms with Crippen LogP contribution in [-0.2, 0) is 12.2 Å². The Morgan fingerprint density at radius 3 is 2.86 bits per heavy atom. The average molecular weight is 301 g/mol. The topological polar surface area (TPSA) is 41.6 Å². The van der Waals surface area contributed by atoms with Gasteiger partial charge in [0.2, 0.25) is 5.16 Å². The van der Waals surface area contributed by atoms with Crippen LogP contribution in [0, 0.1) is 12.8 Å². The summed E-state index contributed by atoms with van der Waals surface area (Å²) in [5, 5.41) is 8.31. The van der Waals surface area contributed by atoms with Crippen molar-refractivity contribution in [1.29, 1.82) is 0 Å². The summed E-state index contributed by atoms with van der Waals surface area (Å²) in [6.45, 7) is 2.15. The molecule has 1 aliphatic rings. The minimum Gasteiger partial charge on any atom is -0.262 e. The van der Waals surface area contributed by atoms with Crippen LogP contribution in [-0.4, -0.2) is 15.2 Å². The van der Waals surface area contributed by atoms with Gasteiger partial charge in [-0.05, 0) is 30.4 Å². The average Bonchev–Trinajstić information content (AvgIpc) is 3.16. The predicted octanol–water partition coefficient (Wildman–Crippen LogP) is 4.53. The fourth-order valence-electron chi connectivity index (χ4n) is 3.01. The minimum absolute atomic E-state index is 0.875. The van der Waals surface area contributed by atoms with E-state index < -0.39 is 0 Å². The summed E-state index contributed by atoms with van der Waals surface area (Å²) in [5.41, 5.74) is 2.70. The van der Waals surface area contributed by atoms with Crippen LogP contribution in [0.25, 0.3) is 0 Å². The molecule has 1 aromatic carbocycles. The van der Waals surface area contributed by atoms with Gasteiger partial charge in [-0.3, -0.25) is 5.10 Å². The summed E-state index contributed by atoms with van der Waals surface area (Å²) < 4.78 is 0. The standard InChI is InChI=1S/C17H23N3S/c1-13-6-2-5-9-15(13)12-21-17-18-16(19-20-17)11-10-14-7-3-4-8-14/h2,5-6,9,14H,3-4,7-8,10-12H2,1H3,(H,18,19,20). The van der Waals surface area contributed by atoms with Gasteiger partial charge in [0.1, 0.15) is 5.82 Å². The smallest absolute Gasteiger partial charge is 0.208 e. The molecule has 1 fully saturated rings. The van der Waals surface area contributed by atoms with E-state index in [1.54, 1.807) is 11.8 Å². The number of aromatic nitrogens is 3. The lowest BCUT2D eigenvalue weighted by atomic mass is 10.0. The molecule has 1 saturated carbocycles. The molecule has 1 aliphatic carbocycles. The van der Waals surface area contributed by atoms with Crippen molar-refractivity contribution in [3.8, 4) is 0 Å². The fourth-order valence-corrected chi connectivity index (χ4v) is 3.90. The van der Waals surface area contributed by atoms with Crippen molar-refractivity contribution >= 4 is 11.8 Å². The van der Waals surface area contributed by atoms with Crippen molar-refractivity contribution in [3.63, 3.8) is 0 Å². The summed E-state index contributed by atoms with van der Waals surface area (Å²) in [7, 11) is 0. The highest BCUT2D eigenvalue weighted by molar-refractivity contribution is 7.98. The van der Waals surface area contributed by atoms with Gasteiger partial charge in [-0.15, -0.1) is 5.10 Å². The van der Waals surface area contributed by atoms with Gasteiger partial charge in [-0.1, -0.05) is 61.7 Å². The molecule has 1 heterocycles. The minimum atomic E-state index is 0.875. The van der Waals surface area contributed by atoms with Crippen LogP contribution in [0.4, 0.5) is 0 Å². The van der Waals surface area contributed by atoms with Gasteiger partial charge in [0, 0.05) is 12.2 Å². The number of rotatable bonds is 6. The van der Waals surface area contributed by atoms with Gasteiger partial charge in [0.15, 0.2) is 0 Å². The monoisotopic (exact) mass is 301 g/mol. The van der Waals surface area contributed by atoms with Crippen LogP contribution in [0.15, 0.2) is 29.4 Å². The highest BCUT2D eigenvalue weighted by Crippen LogP contribution is 2.28. The number of thioether (sulfide) groups is 1. The molecule has 0 atom stereocenters. The molecule has 0 aliphatic heterocycles. The van der Waals surface area contributed by atoms with E-state index in [1.165, 1.54) is 43.2 Å². The zero-order valence-corrected chi connectivity index (χ0v) is 13.5. The van der Waals surface area contributed by atoms with Crippen LogP contribution in [0.3, 0.4) is 0 Å². The molecule has 0 spiro atoms. The van der Waals surface area contributed by atoms with Gasteiger partial charge in [0.05, 0.1) is 0 Å². The van der Waals surface area contributed by atoms with Gasteiger partial charge < -0.3 is 0 Å². The van der Waals surface area contributed by atoms with Crippen molar-refractivity contribution in [2.45, 2.75) is 56.4 Å². The maximum absolute atomic E-state index is 4.61. The SMILES string of the molecule is Cc1ccccc1CSc1n[nH]c(CCC2CCCC2)n1. The van der Waals surface area contributed by atoms with Crippen molar-refractivity contribution in [2.75, 3.05) is 0 Å². The molecule has 0 bridgehead atoms. The van der Waals surface area contributed by atoms with Gasteiger partial charge in [0.25, 0.3) is 0 Å². The zero-order chi connectivity index (χ0) is 14.5. The Balaban J connectivity index is 1.49. The number of nitrogens with one attached hydrogen (secondary N) is 1. The second-order valence-corrected chi connectivity index (χ2v) is 6.91. The largest absolute Gasteiger partial charge is 0.262 e. The Hall–Kier alpha value is -1.29. The number of aromatic amines is 1. The first kappa shape index (κ1) is 14.6. The third-order valence-corrected chi connectivity index (χ3v) is 5.29. The van der Waals surface area contributed by atoms with E-state index in [4.69, 9.17) is 0 Å². The zero-order valence-electron chi connectivity index (χ0n) is 12.6. The van der Waals surface area contributed by atoms with Gasteiger partial charge in [-0.25, -0.2) is 4.98 Å². The summed E-state index contributed by atoms with van der Waals surface area (Å²) in [6, 6.07) is 8.50. The lowest BCUT2D eigenvalue weighted by Crippen LogP contribution is -1.97. The highest BCUT2D eigenvalue weighted by Gasteiger charge is 2.15. The normalized spacial score (nSPS) is 15.7. The summed E-state index contributed by atoms with van der Waals surface area (Å²) >= 11 is 1.71. The number of H-pyrrole nitrogens is 1. The molecule has 3 nitrogen and oxygen atoms in total. The molecule has 0 radical (unpaired) electrons. The predicted molar refractivity (Wildman–Crippen MR) is 87.4 cm³/mol. The lowest BCUT2D eigenvalue weighted by Gasteiger charge is -2.05. The van der Waals surface area contributed by atoms with Gasteiger partial charge >= 0.3 is 0 Å². The maximum atomic E-state index is 4.61. The summed E-state index contributed by atoms with van der Waals surface area (Å²) in [5.74, 6) is 2.90. The molecule has 2 aromatic rings. The van der Waals surface area contributed by atoms with E-state index in [1.807, 2.05) is 0 Å². The summed E-state index contributed by atoms with van der Waals surface area (Å²) in [4.78, 5) is 4.61. The van der Waals surface area contributed by atoms with E-state index in [2.05, 4.69) is 46.4 Å². The molecule has 0 unspecified atom stereocenters. The summed E-state index contributed by atoms with van der Waals surface area (Å²) in [6.07, 6.45) is 7.95. The Morgan fingerprint density at radius 2 is 2.05 bits per heavy atom. The Labute approximate surface area is 131 Å². The number of hydrogen-bond acceptors (Lipinski definition) is 3. The molecule has 3 rings (SSSR count). The third kappa shape index (κ3) is 4.10. The van der Waals surface area contributed by atoms with Crippen LogP contribution >= 0.6 is 11.8 Å². The van der Waals surface area contributed by atoms with Crippen molar-refractivity contribution in [2.24, 2.45) is 5.92 Å². The lowest BCUT2D eigenvalue weighted by molar-refractivity contribution is 0.497. The first-order valence-corrected chi connectivity index (χ1v) is 8.88. The Morgan fingerprint density at radius 1 is 1.24 bits per heavy atom. The maximum Gasteiger partial charge on any atom is 0.208 e. The molecule has 0 amide bonds. The third-order valence-electron chi connectivity index (χ3n) is 4.39. The van der Waals surface area contributed by atoms with Crippen LogP contribution in [0.2, 0.25) is 0 Å². The fraction of sp³-hybridized carbons (Fsp3) is 0.529. The Bertz CT molecular complexity index is 573. The molecule has 4 heteroatoms. The number of nitrogens with zero attached hydrogens (tertiary/aromatic N) is 2. The van der Waals surface area contributed by atoms with E-state index >= 15 is 0 Å². The molecule has 0 saturated heterocycles. The highest BCUT2D eigenvalue weighted by atomic mass is 32.2. The number of hydrogen-bond donors (Lipinski definition) is 1. The van der Waals surface area contributed by atoms with Crippen LogP contribution in [0.5, 0.6) is 0 Å². The second kappa shape index (κ2) is 7.12. The van der Waals surface area contributed by atoms with Crippen molar-refractivity contribution in [1.82, 2.24) is 15.2 Å². The van der Waals surface area contributed by atoms with Gasteiger partial charge in [-0.2, -0.15) is 0 Å². The van der Waals surface area contributed by atoms with Crippen molar-refractivity contribution < 1.29 is 0 Å². The molecule has 1 N–H and O–H groups in total. The van der Waals surface area contributed by atoms with Crippen molar-refractivity contribution in [3.05, 3.63) is 41.2 Å². The molecule has 21 heavy (non-hydrogen) atoms. The molecular formula is C17H23N3S. The molecule has 1 aromatic heterocycles. The quantitative estimate of drug-likeness (QED) is 0.797. The van der Waals surface area contributed by atoms with Crippen LogP contribution < -0.4 is 0 Å². The van der Waals surface area contributed by atoms with E-state index in [0.29, 0.717) is 0 Å². The first-order valence-electron chi connectivity index (χ1n) is 7.90. The molecule has 112 valence electrons. The van der Waals surface area contributed by atoms with Crippen LogP contribution in [0.1, 0.15) is 49.1 Å². The Kier molecular flexibility index (Phi) is 4.96. The molecular weight excluding hydrogens is 278 g/mol. The number of benzene rings is 1. The van der Waals surface area contributed by atoms with E-state index in [-0.39, 0.29) is 0 Å². The first-order chi connectivity index (χ1) is 10.3.